The quantitative estimate of drug-likeness (QED) is 0.890. The topological polar surface area (TPSA) is 50.8 Å². The van der Waals surface area contributed by atoms with Crippen LogP contribution < -0.4 is 14.8 Å². The zero-order valence-electron chi connectivity index (χ0n) is 15.6. The number of fused-ring (bicyclic) bond motifs is 1. The minimum Gasteiger partial charge on any atom is -0.493 e. The first-order valence-corrected chi connectivity index (χ1v) is 9.34. The molecule has 2 aliphatic heterocycles. The van der Waals surface area contributed by atoms with E-state index in [1.54, 1.807) is 14.2 Å². The fourth-order valence-electron chi connectivity index (χ4n) is 4.03. The van der Waals surface area contributed by atoms with Crippen LogP contribution in [0, 0.1) is 11.8 Å². The highest BCUT2D eigenvalue weighted by molar-refractivity contribution is 5.77. The number of amides is 1. The smallest absolute Gasteiger partial charge is 0.223 e. The number of nitrogens with zero attached hydrogens (tertiary/aromatic N) is 1. The predicted molar refractivity (Wildman–Crippen MR) is 98.0 cm³/mol. The molecule has 1 aromatic rings. The van der Waals surface area contributed by atoms with E-state index < -0.39 is 0 Å². The van der Waals surface area contributed by atoms with Crippen LogP contribution in [-0.4, -0.2) is 44.7 Å². The van der Waals surface area contributed by atoms with Crippen LogP contribution in [0.15, 0.2) is 12.1 Å². The molecule has 2 unspecified atom stereocenters. The third-order valence-electron chi connectivity index (χ3n) is 5.71. The lowest BCUT2D eigenvalue weighted by molar-refractivity contribution is -0.133. The second kappa shape index (κ2) is 8.09. The zero-order chi connectivity index (χ0) is 17.8. The average molecular weight is 346 g/mol. The van der Waals surface area contributed by atoms with E-state index in [-0.39, 0.29) is 5.91 Å². The lowest BCUT2D eigenvalue weighted by Crippen LogP contribution is -2.39. The van der Waals surface area contributed by atoms with E-state index in [0.29, 0.717) is 24.8 Å². The Labute approximate surface area is 150 Å². The lowest BCUT2D eigenvalue weighted by Gasteiger charge is -2.33. The number of benzene rings is 1. The van der Waals surface area contributed by atoms with Gasteiger partial charge in [-0.15, -0.1) is 0 Å². The fourth-order valence-corrected chi connectivity index (χ4v) is 4.03. The van der Waals surface area contributed by atoms with E-state index in [9.17, 15) is 4.79 Å². The van der Waals surface area contributed by atoms with Crippen LogP contribution in [0.2, 0.25) is 0 Å². The number of hydrogen-bond acceptors (Lipinski definition) is 4. The molecule has 2 aliphatic rings. The van der Waals surface area contributed by atoms with Gasteiger partial charge < -0.3 is 19.7 Å². The molecule has 1 amide bonds. The average Bonchev–Trinajstić information content (AvgIpc) is 2.66. The molecule has 25 heavy (non-hydrogen) atoms. The van der Waals surface area contributed by atoms with Crippen LogP contribution in [0.3, 0.4) is 0 Å². The van der Waals surface area contributed by atoms with E-state index in [2.05, 4.69) is 12.2 Å². The zero-order valence-corrected chi connectivity index (χ0v) is 15.6. The molecular weight excluding hydrogens is 316 g/mol. The number of nitrogens with one attached hydrogen (secondary N) is 1. The van der Waals surface area contributed by atoms with Crippen LogP contribution in [0.1, 0.15) is 37.3 Å². The number of carbonyl (C=O) groups excluding carboxylic acids is 1. The summed E-state index contributed by atoms with van der Waals surface area (Å²) in [4.78, 5) is 14.8. The first kappa shape index (κ1) is 18.1. The molecule has 5 nitrogen and oxygen atoms in total. The van der Waals surface area contributed by atoms with Crippen LogP contribution >= 0.6 is 0 Å². The Morgan fingerprint density at radius 3 is 2.64 bits per heavy atom. The summed E-state index contributed by atoms with van der Waals surface area (Å²) in [5, 5.41) is 3.45. The Bertz CT molecular complexity index is 611. The largest absolute Gasteiger partial charge is 0.493 e. The van der Waals surface area contributed by atoms with Gasteiger partial charge in [-0.1, -0.05) is 6.92 Å². The van der Waals surface area contributed by atoms with Crippen LogP contribution in [0.25, 0.3) is 0 Å². The van der Waals surface area contributed by atoms with Crippen molar-refractivity contribution >= 4 is 5.91 Å². The predicted octanol–water partition coefficient (Wildman–Crippen LogP) is 2.61. The summed E-state index contributed by atoms with van der Waals surface area (Å²) >= 11 is 0. The molecule has 0 aromatic heterocycles. The summed E-state index contributed by atoms with van der Waals surface area (Å²) in [5.41, 5.74) is 2.43. The summed E-state index contributed by atoms with van der Waals surface area (Å²) < 4.78 is 10.8. The second-order valence-corrected chi connectivity index (χ2v) is 7.33. The standard InChI is InChI=1S/C20H30N2O3/c1-14(16-5-4-7-21-12-16)9-20(23)22-8-6-15-10-18(24-2)19(25-3)11-17(15)13-22/h10-11,14,16,21H,4-9,12-13H2,1-3H3. The van der Waals surface area contributed by atoms with Crippen LogP contribution in [0.5, 0.6) is 11.5 Å². The number of rotatable bonds is 5. The molecule has 0 radical (unpaired) electrons. The van der Waals surface area contributed by atoms with Crippen molar-refractivity contribution in [3.63, 3.8) is 0 Å². The van der Waals surface area contributed by atoms with Gasteiger partial charge in [0.1, 0.15) is 0 Å². The van der Waals surface area contributed by atoms with Crippen molar-refractivity contribution in [2.45, 2.75) is 39.2 Å². The van der Waals surface area contributed by atoms with E-state index >= 15 is 0 Å². The summed E-state index contributed by atoms with van der Waals surface area (Å²) in [6.07, 6.45) is 3.99. The molecule has 1 saturated heterocycles. The van der Waals surface area contributed by atoms with Crippen molar-refractivity contribution in [3.8, 4) is 11.5 Å². The van der Waals surface area contributed by atoms with E-state index in [1.165, 1.54) is 24.0 Å². The molecule has 2 heterocycles. The van der Waals surface area contributed by atoms with Crippen molar-refractivity contribution in [3.05, 3.63) is 23.3 Å². The second-order valence-electron chi connectivity index (χ2n) is 7.33. The Kier molecular flexibility index (Phi) is 5.84. The van der Waals surface area contributed by atoms with Gasteiger partial charge in [0.15, 0.2) is 11.5 Å². The SMILES string of the molecule is COc1cc2c(cc1OC)CN(C(=O)CC(C)C1CCCNC1)CC2. The first-order chi connectivity index (χ1) is 12.1. The molecule has 0 bridgehead atoms. The van der Waals surface area contributed by atoms with Crippen LogP contribution in [0.4, 0.5) is 0 Å². The summed E-state index contributed by atoms with van der Waals surface area (Å²) in [5.74, 6) is 2.83. The van der Waals surface area contributed by atoms with E-state index in [0.717, 1.165) is 37.6 Å². The maximum atomic E-state index is 12.8. The Morgan fingerprint density at radius 1 is 1.28 bits per heavy atom. The van der Waals surface area contributed by atoms with Gasteiger partial charge in [-0.3, -0.25) is 4.79 Å². The fraction of sp³-hybridized carbons (Fsp3) is 0.650. The summed E-state index contributed by atoms with van der Waals surface area (Å²) in [7, 11) is 3.31. The van der Waals surface area contributed by atoms with Gasteiger partial charge in [0.25, 0.3) is 0 Å². The highest BCUT2D eigenvalue weighted by Crippen LogP contribution is 2.33. The summed E-state index contributed by atoms with van der Waals surface area (Å²) in [6, 6.07) is 4.06. The summed E-state index contributed by atoms with van der Waals surface area (Å²) in [6.45, 7) is 5.85. The third kappa shape index (κ3) is 4.09. The van der Waals surface area contributed by atoms with Gasteiger partial charge in [-0.05, 0) is 67.4 Å². The van der Waals surface area contributed by atoms with Gasteiger partial charge in [0.05, 0.1) is 14.2 Å². The Balaban J connectivity index is 1.64. The highest BCUT2D eigenvalue weighted by Gasteiger charge is 2.27. The maximum Gasteiger partial charge on any atom is 0.223 e. The molecular formula is C20H30N2O3. The van der Waals surface area contributed by atoms with Crippen molar-refractivity contribution in [1.82, 2.24) is 10.2 Å². The van der Waals surface area contributed by atoms with Crippen molar-refractivity contribution in [1.29, 1.82) is 0 Å². The van der Waals surface area contributed by atoms with Crippen molar-refractivity contribution in [2.24, 2.45) is 11.8 Å². The third-order valence-corrected chi connectivity index (χ3v) is 5.71. The van der Waals surface area contributed by atoms with Crippen molar-refractivity contribution < 1.29 is 14.3 Å². The van der Waals surface area contributed by atoms with Gasteiger partial charge in [-0.2, -0.15) is 0 Å². The molecule has 3 rings (SSSR count). The Hall–Kier alpha value is -1.75. The monoisotopic (exact) mass is 346 g/mol. The van der Waals surface area contributed by atoms with E-state index in [4.69, 9.17) is 9.47 Å². The number of carbonyl (C=O) groups is 1. The number of piperidine rings is 1. The first-order valence-electron chi connectivity index (χ1n) is 9.34. The van der Waals surface area contributed by atoms with Crippen molar-refractivity contribution in [2.75, 3.05) is 33.9 Å². The van der Waals surface area contributed by atoms with Crippen LogP contribution in [-0.2, 0) is 17.8 Å². The normalized spacial score (nSPS) is 21.4. The minimum absolute atomic E-state index is 0.276. The molecule has 2 atom stereocenters. The van der Waals surface area contributed by atoms with Gasteiger partial charge in [0, 0.05) is 19.5 Å². The highest BCUT2D eigenvalue weighted by atomic mass is 16.5. The number of ether oxygens (including phenoxy) is 2. The van der Waals surface area contributed by atoms with Gasteiger partial charge >= 0.3 is 0 Å². The minimum atomic E-state index is 0.276. The Morgan fingerprint density at radius 2 is 2.00 bits per heavy atom. The molecule has 0 saturated carbocycles. The van der Waals surface area contributed by atoms with Gasteiger partial charge in [-0.25, -0.2) is 0 Å². The number of methoxy groups -OCH3 is 2. The molecule has 1 fully saturated rings. The molecule has 5 heteroatoms. The molecule has 0 spiro atoms. The van der Waals surface area contributed by atoms with Gasteiger partial charge in [0.2, 0.25) is 5.91 Å². The molecule has 1 aromatic carbocycles. The lowest BCUT2D eigenvalue weighted by atomic mass is 9.85. The maximum absolute atomic E-state index is 12.8. The molecule has 1 N–H and O–H groups in total. The molecule has 138 valence electrons. The molecule has 0 aliphatic carbocycles. The number of hydrogen-bond donors (Lipinski definition) is 1. The van der Waals surface area contributed by atoms with E-state index in [1.807, 2.05) is 17.0 Å².